The average Bonchev–Trinajstić information content (AvgIpc) is 2.84. The Balaban J connectivity index is 2.49. The number of nitriles is 1. The molecule has 0 atom stereocenters. The molecule has 2 aromatic heterocycles. The predicted molar refractivity (Wildman–Crippen MR) is 95.9 cm³/mol. The number of rotatable bonds is 3. The molecule has 1 amide bonds. The van der Waals surface area contributed by atoms with E-state index in [9.17, 15) is 10.1 Å². The van der Waals surface area contributed by atoms with Crippen molar-refractivity contribution in [3.05, 3.63) is 22.4 Å². The molecule has 0 aliphatic heterocycles. The molecule has 0 saturated carbocycles. The third-order valence-corrected chi connectivity index (χ3v) is 3.37. The van der Waals surface area contributed by atoms with Crippen LogP contribution < -0.4 is 5.32 Å². The lowest BCUT2D eigenvalue weighted by Gasteiger charge is -2.20. The Labute approximate surface area is 154 Å². The summed E-state index contributed by atoms with van der Waals surface area (Å²) >= 11 is 3.27. The van der Waals surface area contributed by atoms with Gasteiger partial charge in [0.2, 0.25) is 0 Å². The lowest BCUT2D eigenvalue weighted by atomic mass is 10.2. The van der Waals surface area contributed by atoms with Gasteiger partial charge in [0.1, 0.15) is 22.9 Å². The van der Waals surface area contributed by atoms with Crippen molar-refractivity contribution >= 4 is 27.8 Å². The van der Waals surface area contributed by atoms with Crippen molar-refractivity contribution in [3.8, 4) is 17.6 Å². The van der Waals surface area contributed by atoms with Gasteiger partial charge in [0.25, 0.3) is 0 Å². The standard InChI is InChI=1S/C16H19BrN6O2/c1-9(2)23-14(21-15(24)25-16(3,4)5)11(6-18)12(22-23)13-19-7-10(17)8-20-13/h7-9H,1-5H3,(H,21,24). The summed E-state index contributed by atoms with van der Waals surface area (Å²) in [6, 6.07) is 1.98. The third-order valence-electron chi connectivity index (χ3n) is 2.96. The van der Waals surface area contributed by atoms with Gasteiger partial charge in [-0.3, -0.25) is 5.32 Å². The number of aromatic nitrogens is 4. The molecule has 1 N–H and O–H groups in total. The number of anilines is 1. The third kappa shape index (κ3) is 4.54. The van der Waals surface area contributed by atoms with E-state index in [2.05, 4.69) is 42.4 Å². The molecule has 2 heterocycles. The lowest BCUT2D eigenvalue weighted by Crippen LogP contribution is -2.28. The number of nitrogens with zero attached hydrogens (tertiary/aromatic N) is 5. The van der Waals surface area contributed by atoms with Crippen LogP contribution in [0.5, 0.6) is 0 Å². The molecule has 25 heavy (non-hydrogen) atoms. The fourth-order valence-corrected chi connectivity index (χ4v) is 2.23. The van der Waals surface area contributed by atoms with Gasteiger partial charge in [-0.1, -0.05) is 0 Å². The number of hydrogen-bond acceptors (Lipinski definition) is 6. The smallest absolute Gasteiger partial charge is 0.413 e. The summed E-state index contributed by atoms with van der Waals surface area (Å²) in [5, 5.41) is 16.6. The van der Waals surface area contributed by atoms with E-state index in [0.29, 0.717) is 16.0 Å². The lowest BCUT2D eigenvalue weighted by molar-refractivity contribution is 0.0634. The summed E-state index contributed by atoms with van der Waals surface area (Å²) < 4.78 is 7.53. The van der Waals surface area contributed by atoms with Crippen LogP contribution in [0.25, 0.3) is 11.5 Å². The Morgan fingerprint density at radius 1 is 1.36 bits per heavy atom. The van der Waals surface area contributed by atoms with Gasteiger partial charge < -0.3 is 4.74 Å². The second-order valence-corrected chi connectivity index (χ2v) is 7.49. The van der Waals surface area contributed by atoms with E-state index in [4.69, 9.17) is 4.74 Å². The zero-order valence-electron chi connectivity index (χ0n) is 14.7. The van der Waals surface area contributed by atoms with E-state index in [1.54, 1.807) is 37.8 Å². The molecule has 0 aromatic carbocycles. The molecule has 0 unspecified atom stereocenters. The van der Waals surface area contributed by atoms with Crippen molar-refractivity contribution < 1.29 is 9.53 Å². The first-order valence-electron chi connectivity index (χ1n) is 7.63. The largest absolute Gasteiger partial charge is 0.444 e. The second-order valence-electron chi connectivity index (χ2n) is 6.57. The van der Waals surface area contributed by atoms with Gasteiger partial charge in [-0.2, -0.15) is 10.4 Å². The van der Waals surface area contributed by atoms with Gasteiger partial charge in [-0.05, 0) is 50.5 Å². The molecule has 0 aliphatic carbocycles. The minimum atomic E-state index is -0.658. The Bertz CT molecular complexity index is 815. The zero-order chi connectivity index (χ0) is 18.8. The Morgan fingerprint density at radius 2 is 1.96 bits per heavy atom. The first kappa shape index (κ1) is 18.9. The van der Waals surface area contributed by atoms with Crippen LogP contribution >= 0.6 is 15.9 Å². The normalized spacial score (nSPS) is 11.3. The Hall–Kier alpha value is -2.47. The van der Waals surface area contributed by atoms with E-state index < -0.39 is 11.7 Å². The van der Waals surface area contributed by atoms with E-state index in [1.807, 2.05) is 13.8 Å². The van der Waals surface area contributed by atoms with Gasteiger partial charge in [0.05, 0.1) is 4.47 Å². The van der Waals surface area contributed by atoms with E-state index in [-0.39, 0.29) is 17.4 Å². The zero-order valence-corrected chi connectivity index (χ0v) is 16.2. The van der Waals surface area contributed by atoms with Crippen molar-refractivity contribution in [2.45, 2.75) is 46.3 Å². The molecule has 0 saturated heterocycles. The minimum absolute atomic E-state index is 0.0961. The molecule has 132 valence electrons. The summed E-state index contributed by atoms with van der Waals surface area (Å²) in [4.78, 5) is 20.5. The number of amides is 1. The highest BCUT2D eigenvalue weighted by atomic mass is 79.9. The van der Waals surface area contributed by atoms with E-state index in [0.717, 1.165) is 0 Å². The fraction of sp³-hybridized carbons (Fsp3) is 0.438. The van der Waals surface area contributed by atoms with Gasteiger partial charge in [-0.15, -0.1) is 0 Å². The van der Waals surface area contributed by atoms with Crippen LogP contribution in [-0.2, 0) is 4.74 Å². The summed E-state index contributed by atoms with van der Waals surface area (Å²) in [5.41, 5.74) is -0.173. The molecule has 9 heteroatoms. The molecule has 8 nitrogen and oxygen atoms in total. The minimum Gasteiger partial charge on any atom is -0.444 e. The van der Waals surface area contributed by atoms with Crippen LogP contribution in [0.15, 0.2) is 16.9 Å². The van der Waals surface area contributed by atoms with E-state index >= 15 is 0 Å². The van der Waals surface area contributed by atoms with Gasteiger partial charge in [-0.25, -0.2) is 19.4 Å². The SMILES string of the molecule is CC(C)n1nc(-c2ncc(Br)cn2)c(C#N)c1NC(=O)OC(C)(C)C. The highest BCUT2D eigenvalue weighted by molar-refractivity contribution is 9.10. The number of ether oxygens (including phenoxy) is 1. The van der Waals surface area contributed by atoms with Crippen LogP contribution in [-0.4, -0.2) is 31.4 Å². The number of carbonyl (C=O) groups excluding carboxylic acids is 1. The van der Waals surface area contributed by atoms with Crippen LogP contribution in [0, 0.1) is 11.3 Å². The van der Waals surface area contributed by atoms with E-state index in [1.165, 1.54) is 0 Å². The molecule has 2 aromatic rings. The van der Waals surface area contributed by atoms with Crippen LogP contribution in [0.3, 0.4) is 0 Å². The maximum atomic E-state index is 12.1. The molecule has 2 rings (SSSR count). The first-order valence-corrected chi connectivity index (χ1v) is 8.42. The Morgan fingerprint density at radius 3 is 2.44 bits per heavy atom. The van der Waals surface area contributed by atoms with Crippen molar-refractivity contribution in [3.63, 3.8) is 0 Å². The number of hydrogen-bond donors (Lipinski definition) is 1. The second kappa shape index (κ2) is 7.19. The Kier molecular flexibility index (Phi) is 5.42. The van der Waals surface area contributed by atoms with Crippen molar-refractivity contribution in [2.75, 3.05) is 5.32 Å². The van der Waals surface area contributed by atoms with Gasteiger partial charge in [0, 0.05) is 18.4 Å². The number of nitrogens with one attached hydrogen (secondary N) is 1. The molecule has 0 radical (unpaired) electrons. The van der Waals surface area contributed by atoms with Crippen molar-refractivity contribution in [1.82, 2.24) is 19.7 Å². The monoisotopic (exact) mass is 406 g/mol. The number of halogens is 1. The summed E-state index contributed by atoms with van der Waals surface area (Å²) in [6.07, 6.45) is 2.48. The fourth-order valence-electron chi connectivity index (χ4n) is 2.03. The van der Waals surface area contributed by atoms with Crippen molar-refractivity contribution in [2.24, 2.45) is 0 Å². The molecule has 0 spiro atoms. The maximum absolute atomic E-state index is 12.1. The predicted octanol–water partition coefficient (Wildman–Crippen LogP) is 3.90. The van der Waals surface area contributed by atoms with Crippen LogP contribution in [0.1, 0.15) is 46.2 Å². The topological polar surface area (TPSA) is 106 Å². The summed E-state index contributed by atoms with van der Waals surface area (Å²) in [5.74, 6) is 0.555. The summed E-state index contributed by atoms with van der Waals surface area (Å²) in [7, 11) is 0. The highest BCUT2D eigenvalue weighted by Gasteiger charge is 2.25. The molecular weight excluding hydrogens is 388 g/mol. The van der Waals surface area contributed by atoms with Gasteiger partial charge in [0.15, 0.2) is 11.6 Å². The maximum Gasteiger partial charge on any atom is 0.413 e. The van der Waals surface area contributed by atoms with Crippen LogP contribution in [0.4, 0.5) is 10.6 Å². The van der Waals surface area contributed by atoms with Crippen LogP contribution in [0.2, 0.25) is 0 Å². The quantitative estimate of drug-likeness (QED) is 0.827. The first-order chi connectivity index (χ1) is 11.6. The molecule has 0 fully saturated rings. The molecular formula is C16H19BrN6O2. The molecule has 0 bridgehead atoms. The summed E-state index contributed by atoms with van der Waals surface area (Å²) in [6.45, 7) is 9.07. The molecule has 0 aliphatic rings. The van der Waals surface area contributed by atoms with Gasteiger partial charge >= 0.3 is 6.09 Å². The highest BCUT2D eigenvalue weighted by Crippen LogP contribution is 2.29. The average molecular weight is 407 g/mol. The number of carbonyl (C=O) groups is 1. The van der Waals surface area contributed by atoms with Crippen molar-refractivity contribution in [1.29, 1.82) is 5.26 Å².